The number of hydrogen-bond donors (Lipinski definition) is 1. The van der Waals surface area contributed by atoms with E-state index in [9.17, 15) is 9.59 Å². The van der Waals surface area contributed by atoms with Gasteiger partial charge >= 0.3 is 0 Å². The number of nitrogens with one attached hydrogen (secondary N) is 1. The zero-order valence-corrected chi connectivity index (χ0v) is 15.8. The molecule has 2 aromatic heterocycles. The van der Waals surface area contributed by atoms with Gasteiger partial charge in [0.05, 0.1) is 10.6 Å². The van der Waals surface area contributed by atoms with Gasteiger partial charge in [0, 0.05) is 33.7 Å². The van der Waals surface area contributed by atoms with Crippen LogP contribution in [0.2, 0.25) is 5.02 Å². The van der Waals surface area contributed by atoms with Crippen LogP contribution >= 0.6 is 34.3 Å². The molecular weight excluding hydrogens is 376 g/mol. The van der Waals surface area contributed by atoms with Crippen LogP contribution < -0.4 is 5.32 Å². The molecule has 128 valence electrons. The fourth-order valence-electron chi connectivity index (χ4n) is 2.24. The van der Waals surface area contributed by atoms with Gasteiger partial charge in [-0.1, -0.05) is 29.8 Å². The van der Waals surface area contributed by atoms with Gasteiger partial charge in [0.1, 0.15) is 0 Å². The molecule has 0 aliphatic carbocycles. The average molecular weight is 391 g/mol. The Morgan fingerprint density at radius 3 is 2.68 bits per heavy atom. The molecule has 1 N–H and O–H groups in total. The van der Waals surface area contributed by atoms with Gasteiger partial charge in [0.15, 0.2) is 10.9 Å². The van der Waals surface area contributed by atoms with Crippen molar-refractivity contribution in [3.8, 4) is 11.3 Å². The average Bonchev–Trinajstić information content (AvgIpc) is 3.22. The molecule has 3 aromatic rings. The fraction of sp³-hybridized carbons (Fsp3) is 0.167. The van der Waals surface area contributed by atoms with E-state index in [0.717, 1.165) is 16.1 Å². The molecule has 1 aromatic carbocycles. The first-order chi connectivity index (χ1) is 12.0. The van der Waals surface area contributed by atoms with Crippen molar-refractivity contribution in [2.45, 2.75) is 19.8 Å². The number of ketones is 1. The molecule has 0 fully saturated rings. The first kappa shape index (κ1) is 17.8. The Kier molecular flexibility index (Phi) is 5.63. The predicted molar refractivity (Wildman–Crippen MR) is 104 cm³/mol. The van der Waals surface area contributed by atoms with Crippen LogP contribution in [0.4, 0.5) is 5.13 Å². The maximum absolute atomic E-state index is 12.0. The molecule has 25 heavy (non-hydrogen) atoms. The molecule has 2 heterocycles. The Labute approximate surface area is 158 Å². The number of aromatic nitrogens is 1. The number of thiophene rings is 1. The van der Waals surface area contributed by atoms with E-state index in [4.69, 9.17) is 11.6 Å². The van der Waals surface area contributed by atoms with E-state index in [1.54, 1.807) is 12.1 Å². The second kappa shape index (κ2) is 7.91. The van der Waals surface area contributed by atoms with Crippen molar-refractivity contribution < 1.29 is 9.59 Å². The van der Waals surface area contributed by atoms with Crippen LogP contribution in [0.15, 0.2) is 41.8 Å². The summed E-state index contributed by atoms with van der Waals surface area (Å²) in [6.07, 6.45) is 0.325. The monoisotopic (exact) mass is 390 g/mol. The first-order valence-electron chi connectivity index (χ1n) is 7.63. The van der Waals surface area contributed by atoms with Crippen molar-refractivity contribution in [1.82, 2.24) is 4.98 Å². The zero-order valence-electron chi connectivity index (χ0n) is 13.4. The number of carbonyl (C=O) groups excluding carboxylic acids is 2. The number of aryl methyl sites for hydroxylation is 1. The van der Waals surface area contributed by atoms with Crippen LogP contribution in [0, 0.1) is 6.92 Å². The summed E-state index contributed by atoms with van der Waals surface area (Å²) in [4.78, 5) is 30.3. The lowest BCUT2D eigenvalue weighted by Crippen LogP contribution is -2.13. The number of halogens is 1. The van der Waals surface area contributed by atoms with Crippen molar-refractivity contribution in [3.63, 3.8) is 0 Å². The number of rotatable bonds is 6. The third-order valence-corrected chi connectivity index (χ3v) is 5.62. The molecule has 0 radical (unpaired) electrons. The van der Waals surface area contributed by atoms with Gasteiger partial charge < -0.3 is 5.32 Å². The van der Waals surface area contributed by atoms with Crippen molar-refractivity contribution in [3.05, 3.63) is 56.6 Å². The van der Waals surface area contributed by atoms with Gasteiger partial charge in [-0.2, -0.15) is 0 Å². The highest BCUT2D eigenvalue weighted by atomic mass is 35.5. The SMILES string of the molecule is Cc1ccc(C(=O)CCC(=O)Nc2nc(-c3ccccc3Cl)cs2)s1. The van der Waals surface area contributed by atoms with E-state index >= 15 is 0 Å². The lowest BCUT2D eigenvalue weighted by atomic mass is 10.2. The molecule has 7 heteroatoms. The van der Waals surface area contributed by atoms with E-state index in [-0.39, 0.29) is 24.5 Å². The van der Waals surface area contributed by atoms with Crippen LogP contribution in [0.25, 0.3) is 11.3 Å². The van der Waals surface area contributed by atoms with Crippen molar-refractivity contribution >= 4 is 51.1 Å². The van der Waals surface area contributed by atoms with E-state index in [0.29, 0.717) is 15.0 Å². The standard InChI is InChI=1S/C18H15ClN2O2S2/c1-11-6-8-16(25-11)15(22)7-9-17(23)21-18-20-14(10-24-18)12-4-2-3-5-13(12)19/h2-6,8,10H,7,9H2,1H3,(H,20,21,23). The lowest BCUT2D eigenvalue weighted by molar-refractivity contribution is -0.116. The maximum atomic E-state index is 12.0. The van der Waals surface area contributed by atoms with Crippen LogP contribution in [0.1, 0.15) is 27.4 Å². The molecule has 1 amide bonds. The summed E-state index contributed by atoms with van der Waals surface area (Å²) in [6, 6.07) is 11.1. The summed E-state index contributed by atoms with van der Waals surface area (Å²) in [6.45, 7) is 1.95. The Balaban J connectivity index is 1.57. The molecule has 0 atom stereocenters. The molecule has 0 aliphatic heterocycles. The molecule has 0 bridgehead atoms. The molecule has 0 saturated heterocycles. The summed E-state index contributed by atoms with van der Waals surface area (Å²) in [5.41, 5.74) is 1.54. The second-order valence-electron chi connectivity index (χ2n) is 5.40. The molecule has 0 saturated carbocycles. The number of amides is 1. The van der Waals surface area contributed by atoms with E-state index in [1.165, 1.54) is 22.7 Å². The Morgan fingerprint density at radius 2 is 1.96 bits per heavy atom. The summed E-state index contributed by atoms with van der Waals surface area (Å²) in [5, 5.41) is 5.70. The van der Waals surface area contributed by atoms with Gasteiger partial charge in [-0.3, -0.25) is 9.59 Å². The third-order valence-electron chi connectivity index (χ3n) is 3.49. The van der Waals surface area contributed by atoms with Gasteiger partial charge in [0.2, 0.25) is 5.91 Å². The topological polar surface area (TPSA) is 59.1 Å². The molecule has 3 rings (SSSR count). The number of carbonyl (C=O) groups is 2. The lowest BCUT2D eigenvalue weighted by Gasteiger charge is -2.01. The maximum Gasteiger partial charge on any atom is 0.226 e. The second-order valence-corrected chi connectivity index (χ2v) is 7.95. The number of benzene rings is 1. The highest BCUT2D eigenvalue weighted by Crippen LogP contribution is 2.30. The number of nitrogens with zero attached hydrogens (tertiary/aromatic N) is 1. The number of hydrogen-bond acceptors (Lipinski definition) is 5. The molecular formula is C18H15ClN2O2S2. The summed E-state index contributed by atoms with van der Waals surface area (Å²) in [7, 11) is 0. The van der Waals surface area contributed by atoms with E-state index in [2.05, 4.69) is 10.3 Å². The molecule has 0 spiro atoms. The Morgan fingerprint density at radius 1 is 1.16 bits per heavy atom. The minimum Gasteiger partial charge on any atom is -0.302 e. The number of anilines is 1. The van der Waals surface area contributed by atoms with Crippen LogP contribution in [-0.2, 0) is 4.79 Å². The van der Waals surface area contributed by atoms with Gasteiger partial charge in [-0.05, 0) is 25.1 Å². The number of thiazole rings is 1. The molecule has 0 aliphatic rings. The summed E-state index contributed by atoms with van der Waals surface area (Å²) >= 11 is 8.94. The van der Waals surface area contributed by atoms with Gasteiger partial charge in [-0.15, -0.1) is 22.7 Å². The molecule has 0 unspecified atom stereocenters. The fourth-order valence-corrected chi connectivity index (χ4v) is 4.03. The van der Waals surface area contributed by atoms with Crippen molar-refractivity contribution in [2.75, 3.05) is 5.32 Å². The van der Waals surface area contributed by atoms with Crippen molar-refractivity contribution in [2.24, 2.45) is 0 Å². The number of Topliss-reactive ketones (excluding diaryl/α,β-unsaturated/α-hetero) is 1. The van der Waals surface area contributed by atoms with Crippen LogP contribution in [0.5, 0.6) is 0 Å². The predicted octanol–water partition coefficient (Wildman–Crippen LogP) is 5.44. The van der Waals surface area contributed by atoms with Crippen LogP contribution in [-0.4, -0.2) is 16.7 Å². The normalized spacial score (nSPS) is 10.6. The van der Waals surface area contributed by atoms with Crippen molar-refractivity contribution in [1.29, 1.82) is 0 Å². The zero-order chi connectivity index (χ0) is 17.8. The minimum absolute atomic E-state index is 0.0101. The summed E-state index contributed by atoms with van der Waals surface area (Å²) < 4.78 is 0. The minimum atomic E-state index is -0.221. The van der Waals surface area contributed by atoms with E-state index in [1.807, 2.05) is 36.6 Å². The van der Waals surface area contributed by atoms with E-state index < -0.39 is 0 Å². The highest BCUT2D eigenvalue weighted by Gasteiger charge is 2.13. The Hall–Kier alpha value is -2.02. The third kappa shape index (κ3) is 4.54. The van der Waals surface area contributed by atoms with Gasteiger partial charge in [0.25, 0.3) is 0 Å². The van der Waals surface area contributed by atoms with Crippen LogP contribution in [0.3, 0.4) is 0 Å². The molecule has 4 nitrogen and oxygen atoms in total. The largest absolute Gasteiger partial charge is 0.302 e. The highest BCUT2D eigenvalue weighted by molar-refractivity contribution is 7.14. The Bertz CT molecular complexity index is 917. The summed E-state index contributed by atoms with van der Waals surface area (Å²) in [5.74, 6) is -0.231. The smallest absolute Gasteiger partial charge is 0.226 e. The van der Waals surface area contributed by atoms with Gasteiger partial charge in [-0.25, -0.2) is 4.98 Å². The quantitative estimate of drug-likeness (QED) is 0.570. The first-order valence-corrected chi connectivity index (χ1v) is 9.70.